The van der Waals surface area contributed by atoms with Crippen molar-refractivity contribution < 1.29 is 9.47 Å². The van der Waals surface area contributed by atoms with Crippen molar-refractivity contribution in [3.05, 3.63) is 58.7 Å². The van der Waals surface area contributed by atoms with Gasteiger partial charge >= 0.3 is 0 Å². The monoisotopic (exact) mass is 510 g/mol. The van der Waals surface area contributed by atoms with E-state index in [4.69, 9.17) is 9.47 Å². The number of piperazine rings is 1. The molecule has 0 amide bonds. The molecule has 10 nitrogen and oxygen atoms in total. The van der Waals surface area contributed by atoms with E-state index in [0.717, 1.165) is 47.5 Å². The molecule has 0 spiro atoms. The Bertz CT molecular complexity index is 1220. The molecule has 11 heteroatoms. The molecule has 170 valence electrons. The van der Waals surface area contributed by atoms with Gasteiger partial charge in [-0.25, -0.2) is 9.97 Å². The van der Waals surface area contributed by atoms with Gasteiger partial charge in [0, 0.05) is 26.2 Å². The minimum absolute atomic E-state index is 0.136. The number of fused-ring (bicyclic) bond motifs is 1. The number of nitrogens with one attached hydrogen (secondary N) is 1. The maximum absolute atomic E-state index is 5.40. The lowest BCUT2D eigenvalue weighted by Gasteiger charge is -2.39. The Morgan fingerprint density at radius 1 is 0.970 bits per heavy atom. The molecule has 1 atom stereocenters. The third-order valence-electron chi connectivity index (χ3n) is 5.75. The van der Waals surface area contributed by atoms with Crippen molar-refractivity contribution in [3.8, 4) is 11.8 Å². The van der Waals surface area contributed by atoms with Gasteiger partial charge in [0.15, 0.2) is 11.5 Å². The highest BCUT2D eigenvalue weighted by atomic mass is 79.9. The second-order valence-electron chi connectivity index (χ2n) is 7.58. The molecule has 1 fully saturated rings. The van der Waals surface area contributed by atoms with Crippen LogP contribution >= 0.6 is 15.9 Å². The number of aromatic amines is 1. The Hall–Kier alpha value is -3.31. The SMILES string of the molecule is COc1cc(OC)nc(C(c2ccccc2)N2CCN(c3ncnc4[nH]nc(Br)c34)CC2)n1. The molecule has 0 aliphatic carbocycles. The predicted octanol–water partition coefficient (Wildman–Crippen LogP) is 2.83. The maximum Gasteiger partial charge on any atom is 0.220 e. The minimum atomic E-state index is -0.136. The number of ether oxygens (including phenoxy) is 2. The van der Waals surface area contributed by atoms with Crippen LogP contribution in [-0.4, -0.2) is 75.4 Å². The van der Waals surface area contributed by atoms with Crippen molar-refractivity contribution in [2.45, 2.75) is 6.04 Å². The van der Waals surface area contributed by atoms with E-state index in [1.54, 1.807) is 26.6 Å². The summed E-state index contributed by atoms with van der Waals surface area (Å²) in [7, 11) is 3.19. The van der Waals surface area contributed by atoms with E-state index in [1.165, 1.54) is 0 Å². The van der Waals surface area contributed by atoms with E-state index in [0.29, 0.717) is 23.2 Å². The van der Waals surface area contributed by atoms with Crippen LogP contribution in [0.3, 0.4) is 0 Å². The average Bonchev–Trinajstić information content (AvgIpc) is 3.26. The van der Waals surface area contributed by atoms with Gasteiger partial charge in [0.2, 0.25) is 11.8 Å². The first kappa shape index (κ1) is 21.5. The molecule has 1 aromatic carbocycles. The molecule has 0 bridgehead atoms. The fourth-order valence-electron chi connectivity index (χ4n) is 4.15. The van der Waals surface area contributed by atoms with Gasteiger partial charge in [-0.1, -0.05) is 30.3 Å². The Kier molecular flexibility index (Phi) is 6.05. The first-order valence-corrected chi connectivity index (χ1v) is 11.3. The highest BCUT2D eigenvalue weighted by Crippen LogP contribution is 2.33. The molecular formula is C22H23BrN8O2. The van der Waals surface area contributed by atoms with Crippen LogP contribution in [0.15, 0.2) is 47.3 Å². The van der Waals surface area contributed by atoms with Crippen molar-refractivity contribution in [3.63, 3.8) is 0 Å². The summed E-state index contributed by atoms with van der Waals surface area (Å²) >= 11 is 3.51. The third-order valence-corrected chi connectivity index (χ3v) is 6.32. The number of H-pyrrole nitrogens is 1. The molecule has 1 N–H and O–H groups in total. The highest BCUT2D eigenvalue weighted by molar-refractivity contribution is 9.10. The van der Waals surface area contributed by atoms with Crippen LogP contribution in [0.1, 0.15) is 17.4 Å². The number of hydrogen-bond donors (Lipinski definition) is 1. The van der Waals surface area contributed by atoms with Gasteiger partial charge < -0.3 is 14.4 Å². The molecule has 4 aromatic rings. The number of hydrogen-bond acceptors (Lipinski definition) is 9. The number of rotatable bonds is 6. The molecule has 0 saturated carbocycles. The second kappa shape index (κ2) is 9.28. The molecule has 1 aliphatic rings. The summed E-state index contributed by atoms with van der Waals surface area (Å²) in [6.45, 7) is 3.16. The number of benzene rings is 1. The topological polar surface area (TPSA) is 105 Å². The number of anilines is 1. The molecule has 3 aromatic heterocycles. The number of methoxy groups -OCH3 is 2. The first-order valence-electron chi connectivity index (χ1n) is 10.5. The molecule has 1 aliphatic heterocycles. The highest BCUT2D eigenvalue weighted by Gasteiger charge is 2.30. The summed E-state index contributed by atoms with van der Waals surface area (Å²) in [5.41, 5.74) is 1.83. The lowest BCUT2D eigenvalue weighted by Crippen LogP contribution is -2.48. The molecule has 1 saturated heterocycles. The van der Waals surface area contributed by atoms with Gasteiger partial charge in [-0.05, 0) is 21.5 Å². The normalized spacial score (nSPS) is 15.5. The fraction of sp³-hybridized carbons (Fsp3) is 0.318. The number of aromatic nitrogens is 6. The van der Waals surface area contributed by atoms with Crippen LogP contribution in [0.5, 0.6) is 11.8 Å². The fourth-order valence-corrected chi connectivity index (χ4v) is 4.61. The Morgan fingerprint density at radius 3 is 2.33 bits per heavy atom. The van der Waals surface area contributed by atoms with Crippen molar-refractivity contribution in [2.24, 2.45) is 0 Å². The van der Waals surface area contributed by atoms with Gasteiger partial charge in [-0.3, -0.25) is 10.00 Å². The van der Waals surface area contributed by atoms with Crippen LogP contribution in [0.4, 0.5) is 5.82 Å². The summed E-state index contributed by atoms with van der Waals surface area (Å²) in [6.07, 6.45) is 1.57. The van der Waals surface area contributed by atoms with E-state index in [-0.39, 0.29) is 6.04 Å². The zero-order chi connectivity index (χ0) is 22.8. The van der Waals surface area contributed by atoms with E-state index in [2.05, 4.69) is 68.0 Å². The van der Waals surface area contributed by atoms with Gasteiger partial charge in [-0.15, -0.1) is 0 Å². The third kappa shape index (κ3) is 4.21. The summed E-state index contributed by atoms with van der Waals surface area (Å²) in [4.78, 5) is 22.8. The Balaban J connectivity index is 1.45. The smallest absolute Gasteiger partial charge is 0.220 e. The first-order chi connectivity index (χ1) is 16.2. The molecule has 4 heterocycles. The van der Waals surface area contributed by atoms with Gasteiger partial charge in [0.1, 0.15) is 16.7 Å². The summed E-state index contributed by atoms with van der Waals surface area (Å²) in [6, 6.07) is 11.8. The van der Waals surface area contributed by atoms with Gasteiger partial charge in [0.25, 0.3) is 0 Å². The van der Waals surface area contributed by atoms with Crippen molar-refractivity contribution in [2.75, 3.05) is 45.3 Å². The largest absolute Gasteiger partial charge is 0.481 e. The zero-order valence-electron chi connectivity index (χ0n) is 18.3. The Labute approximate surface area is 199 Å². The van der Waals surface area contributed by atoms with Crippen molar-refractivity contribution in [1.82, 2.24) is 35.0 Å². The van der Waals surface area contributed by atoms with E-state index in [9.17, 15) is 0 Å². The van der Waals surface area contributed by atoms with Gasteiger partial charge in [-0.2, -0.15) is 15.1 Å². The molecule has 33 heavy (non-hydrogen) atoms. The molecule has 5 rings (SSSR count). The predicted molar refractivity (Wildman–Crippen MR) is 127 cm³/mol. The van der Waals surface area contributed by atoms with E-state index in [1.807, 2.05) is 18.2 Å². The number of halogens is 1. The van der Waals surface area contributed by atoms with Crippen LogP contribution in [-0.2, 0) is 0 Å². The van der Waals surface area contributed by atoms with Crippen LogP contribution < -0.4 is 14.4 Å². The van der Waals surface area contributed by atoms with Crippen LogP contribution in [0.25, 0.3) is 11.0 Å². The van der Waals surface area contributed by atoms with Crippen LogP contribution in [0, 0.1) is 0 Å². The maximum atomic E-state index is 5.40. The second-order valence-corrected chi connectivity index (χ2v) is 8.33. The molecular weight excluding hydrogens is 488 g/mol. The van der Waals surface area contributed by atoms with E-state index >= 15 is 0 Å². The summed E-state index contributed by atoms with van der Waals surface area (Å²) in [5, 5.41) is 8.05. The minimum Gasteiger partial charge on any atom is -0.481 e. The summed E-state index contributed by atoms with van der Waals surface area (Å²) < 4.78 is 11.5. The van der Waals surface area contributed by atoms with Gasteiger partial charge in [0.05, 0.1) is 31.7 Å². The van der Waals surface area contributed by atoms with Crippen molar-refractivity contribution >= 4 is 32.8 Å². The lowest BCUT2D eigenvalue weighted by molar-refractivity contribution is 0.203. The van der Waals surface area contributed by atoms with E-state index < -0.39 is 0 Å². The zero-order valence-corrected chi connectivity index (χ0v) is 19.9. The van der Waals surface area contributed by atoms with Crippen molar-refractivity contribution in [1.29, 1.82) is 0 Å². The number of nitrogens with zero attached hydrogens (tertiary/aromatic N) is 7. The standard InChI is InChI=1S/C22H23BrN8O2/c1-32-15-12-16(33-2)27-21(26-15)18(14-6-4-3-5-7-14)30-8-10-31(11-9-30)22-17-19(23)28-29-20(17)24-13-25-22/h3-7,12-13,18H,8-11H2,1-2H3,(H,24,25,28,29). The summed E-state index contributed by atoms with van der Waals surface area (Å²) in [5.74, 6) is 2.47. The average molecular weight is 511 g/mol. The molecule has 0 radical (unpaired) electrons. The Morgan fingerprint density at radius 2 is 1.67 bits per heavy atom. The van der Waals surface area contributed by atoms with Crippen LogP contribution in [0.2, 0.25) is 0 Å². The quantitative estimate of drug-likeness (QED) is 0.419. The lowest BCUT2D eigenvalue weighted by atomic mass is 10.0. The molecule has 1 unspecified atom stereocenters.